The van der Waals surface area contributed by atoms with E-state index in [2.05, 4.69) is 0 Å². The summed E-state index contributed by atoms with van der Waals surface area (Å²) in [5.41, 5.74) is 0.976. The van der Waals surface area contributed by atoms with E-state index in [1.807, 2.05) is 0 Å². The third kappa shape index (κ3) is 2.75. The van der Waals surface area contributed by atoms with Crippen LogP contribution in [0.1, 0.15) is 17.2 Å². The van der Waals surface area contributed by atoms with E-state index in [-0.39, 0.29) is 5.82 Å². The summed E-state index contributed by atoms with van der Waals surface area (Å²) in [6.07, 6.45) is -1.78. The van der Waals surface area contributed by atoms with Gasteiger partial charge >= 0.3 is 0 Å². The molecule has 0 radical (unpaired) electrons. The SMILES string of the molecule is COC(OC)C(O)c1ccc(C)c(F)c1. The molecule has 0 aliphatic heterocycles. The molecule has 0 fully saturated rings. The minimum absolute atomic E-state index is 0.350. The summed E-state index contributed by atoms with van der Waals surface area (Å²) in [6.45, 7) is 1.66. The van der Waals surface area contributed by atoms with Crippen molar-refractivity contribution >= 4 is 0 Å². The molecule has 0 amide bonds. The van der Waals surface area contributed by atoms with Crippen LogP contribution in [-0.4, -0.2) is 25.6 Å². The minimum atomic E-state index is -0.991. The van der Waals surface area contributed by atoms with Gasteiger partial charge in [-0.3, -0.25) is 0 Å². The normalized spacial score (nSPS) is 13.2. The molecule has 0 saturated carbocycles. The zero-order chi connectivity index (χ0) is 11.4. The third-order valence-electron chi connectivity index (χ3n) is 2.26. The highest BCUT2D eigenvalue weighted by Gasteiger charge is 2.20. The maximum atomic E-state index is 13.2. The first kappa shape index (κ1) is 12.1. The number of hydrogen-bond donors (Lipinski definition) is 1. The lowest BCUT2D eigenvalue weighted by Gasteiger charge is -2.20. The lowest BCUT2D eigenvalue weighted by Crippen LogP contribution is -2.22. The Morgan fingerprint density at radius 1 is 1.27 bits per heavy atom. The number of aryl methyl sites for hydroxylation is 1. The van der Waals surface area contributed by atoms with E-state index in [9.17, 15) is 9.50 Å². The quantitative estimate of drug-likeness (QED) is 0.776. The highest BCUT2D eigenvalue weighted by Crippen LogP contribution is 2.21. The van der Waals surface area contributed by atoms with Gasteiger partial charge < -0.3 is 14.6 Å². The van der Waals surface area contributed by atoms with Crippen molar-refractivity contribution in [1.29, 1.82) is 0 Å². The fourth-order valence-corrected chi connectivity index (χ4v) is 1.30. The van der Waals surface area contributed by atoms with Crippen LogP contribution in [0.25, 0.3) is 0 Å². The molecule has 4 heteroatoms. The molecule has 1 rings (SSSR count). The molecular weight excluding hydrogens is 199 g/mol. The third-order valence-corrected chi connectivity index (χ3v) is 2.26. The van der Waals surface area contributed by atoms with Crippen LogP contribution in [-0.2, 0) is 9.47 Å². The van der Waals surface area contributed by atoms with Crippen molar-refractivity contribution in [2.75, 3.05) is 14.2 Å². The van der Waals surface area contributed by atoms with Crippen molar-refractivity contribution in [3.05, 3.63) is 35.1 Å². The molecule has 3 nitrogen and oxygen atoms in total. The molecule has 0 bridgehead atoms. The maximum Gasteiger partial charge on any atom is 0.187 e. The Bertz CT molecular complexity index is 324. The largest absolute Gasteiger partial charge is 0.383 e. The molecule has 0 saturated heterocycles. The molecule has 15 heavy (non-hydrogen) atoms. The molecule has 1 aromatic rings. The topological polar surface area (TPSA) is 38.7 Å². The van der Waals surface area contributed by atoms with E-state index in [1.165, 1.54) is 20.3 Å². The number of methoxy groups -OCH3 is 2. The summed E-state index contributed by atoms with van der Waals surface area (Å²) in [6, 6.07) is 4.54. The number of ether oxygens (including phenoxy) is 2. The van der Waals surface area contributed by atoms with Crippen molar-refractivity contribution in [2.45, 2.75) is 19.3 Å². The van der Waals surface area contributed by atoms with Gasteiger partial charge in [-0.1, -0.05) is 12.1 Å². The van der Waals surface area contributed by atoms with Gasteiger partial charge in [-0.15, -0.1) is 0 Å². The van der Waals surface area contributed by atoms with E-state index >= 15 is 0 Å². The molecule has 0 aromatic heterocycles. The monoisotopic (exact) mass is 214 g/mol. The molecule has 1 N–H and O–H groups in total. The van der Waals surface area contributed by atoms with Crippen LogP contribution in [0.15, 0.2) is 18.2 Å². The van der Waals surface area contributed by atoms with Crippen molar-refractivity contribution in [1.82, 2.24) is 0 Å². The van der Waals surface area contributed by atoms with Gasteiger partial charge in [0.2, 0.25) is 0 Å². The summed E-state index contributed by atoms with van der Waals surface area (Å²) in [5, 5.41) is 9.78. The van der Waals surface area contributed by atoms with Gasteiger partial charge in [0.1, 0.15) is 11.9 Å². The van der Waals surface area contributed by atoms with Crippen LogP contribution >= 0.6 is 0 Å². The number of aliphatic hydroxyl groups excluding tert-OH is 1. The summed E-state index contributed by atoms with van der Waals surface area (Å²) in [7, 11) is 2.84. The van der Waals surface area contributed by atoms with Crippen LogP contribution in [0.3, 0.4) is 0 Å². The Balaban J connectivity index is 2.90. The Hall–Kier alpha value is -0.970. The predicted octanol–water partition coefficient (Wildman–Crippen LogP) is 1.79. The number of benzene rings is 1. The Labute approximate surface area is 88.4 Å². The average Bonchev–Trinajstić information content (AvgIpc) is 2.23. The van der Waals surface area contributed by atoms with Gasteiger partial charge in [-0.05, 0) is 24.1 Å². The number of rotatable bonds is 4. The van der Waals surface area contributed by atoms with Crippen LogP contribution in [0, 0.1) is 12.7 Å². The zero-order valence-corrected chi connectivity index (χ0v) is 9.03. The van der Waals surface area contributed by atoms with E-state index in [0.717, 1.165) is 0 Å². The molecule has 1 unspecified atom stereocenters. The molecule has 0 aliphatic rings. The van der Waals surface area contributed by atoms with Crippen LogP contribution in [0.5, 0.6) is 0 Å². The summed E-state index contributed by atoms with van der Waals surface area (Å²) in [5.74, 6) is -0.350. The van der Waals surface area contributed by atoms with E-state index < -0.39 is 12.4 Å². The molecule has 0 heterocycles. The van der Waals surface area contributed by atoms with Crippen molar-refractivity contribution in [3.8, 4) is 0 Å². The predicted molar refractivity (Wildman–Crippen MR) is 53.9 cm³/mol. The molecule has 1 atom stereocenters. The van der Waals surface area contributed by atoms with Gasteiger partial charge in [-0.2, -0.15) is 0 Å². The second-order valence-corrected chi connectivity index (χ2v) is 3.29. The smallest absolute Gasteiger partial charge is 0.187 e. The summed E-state index contributed by atoms with van der Waals surface area (Å²) in [4.78, 5) is 0. The number of hydrogen-bond acceptors (Lipinski definition) is 3. The molecular formula is C11H15FO3. The number of halogens is 1. The Morgan fingerprint density at radius 3 is 2.33 bits per heavy atom. The molecule has 1 aromatic carbocycles. The standard InChI is InChI=1S/C11H15FO3/c1-7-4-5-8(6-9(7)12)10(13)11(14-2)15-3/h4-6,10-11,13H,1-3H3. The highest BCUT2D eigenvalue weighted by atomic mass is 19.1. The van der Waals surface area contributed by atoms with Crippen molar-refractivity contribution in [2.24, 2.45) is 0 Å². The van der Waals surface area contributed by atoms with Gasteiger partial charge in [0.15, 0.2) is 6.29 Å². The first-order valence-electron chi connectivity index (χ1n) is 4.60. The molecule has 0 spiro atoms. The zero-order valence-electron chi connectivity index (χ0n) is 9.03. The molecule has 0 aliphatic carbocycles. The lowest BCUT2D eigenvalue weighted by molar-refractivity contribution is -0.166. The Morgan fingerprint density at radius 2 is 1.87 bits per heavy atom. The van der Waals surface area contributed by atoms with Crippen LogP contribution < -0.4 is 0 Å². The molecule has 84 valence electrons. The first-order chi connectivity index (χ1) is 7.10. The van der Waals surface area contributed by atoms with E-state index in [4.69, 9.17) is 9.47 Å². The van der Waals surface area contributed by atoms with Crippen molar-refractivity contribution < 1.29 is 19.0 Å². The average molecular weight is 214 g/mol. The minimum Gasteiger partial charge on any atom is -0.383 e. The van der Waals surface area contributed by atoms with Crippen LogP contribution in [0.4, 0.5) is 4.39 Å². The van der Waals surface area contributed by atoms with Crippen molar-refractivity contribution in [3.63, 3.8) is 0 Å². The van der Waals surface area contributed by atoms with Gasteiger partial charge in [0, 0.05) is 14.2 Å². The van der Waals surface area contributed by atoms with E-state index in [0.29, 0.717) is 11.1 Å². The van der Waals surface area contributed by atoms with E-state index in [1.54, 1.807) is 19.1 Å². The van der Waals surface area contributed by atoms with Gasteiger partial charge in [0.25, 0.3) is 0 Å². The van der Waals surface area contributed by atoms with Crippen LogP contribution in [0.2, 0.25) is 0 Å². The Kier molecular flexibility index (Phi) is 4.20. The second kappa shape index (κ2) is 5.21. The number of aliphatic hydroxyl groups is 1. The fraction of sp³-hybridized carbons (Fsp3) is 0.455. The fourth-order valence-electron chi connectivity index (χ4n) is 1.30. The van der Waals surface area contributed by atoms with Gasteiger partial charge in [-0.25, -0.2) is 4.39 Å². The summed E-state index contributed by atoms with van der Waals surface area (Å²) < 4.78 is 23.0. The maximum absolute atomic E-state index is 13.2. The highest BCUT2D eigenvalue weighted by molar-refractivity contribution is 5.25. The summed E-state index contributed by atoms with van der Waals surface area (Å²) >= 11 is 0. The van der Waals surface area contributed by atoms with Gasteiger partial charge in [0.05, 0.1) is 0 Å². The lowest BCUT2D eigenvalue weighted by atomic mass is 10.1. The first-order valence-corrected chi connectivity index (χ1v) is 4.60. The second-order valence-electron chi connectivity index (χ2n) is 3.29.